The third-order valence-electron chi connectivity index (χ3n) is 2.23. The molecule has 18 heavy (non-hydrogen) atoms. The molecule has 0 spiro atoms. The van der Waals surface area contributed by atoms with Gasteiger partial charge in [0, 0.05) is 14.2 Å². The molecule has 102 valence electrons. The van der Waals surface area contributed by atoms with Crippen molar-refractivity contribution < 1.29 is 27.4 Å². The summed E-state index contributed by atoms with van der Waals surface area (Å²) in [6.45, 7) is 0. The topological polar surface area (TPSA) is 53.7 Å². The number of nitrogens with two attached hydrogens (primary N) is 1. The normalized spacial score (nSPS) is 13.7. The minimum atomic E-state index is -4.73. The average Bonchev–Trinajstić information content (AvgIpc) is 2.28. The molecule has 1 unspecified atom stereocenters. The predicted molar refractivity (Wildman–Crippen MR) is 57.9 cm³/mol. The molecule has 0 aliphatic heterocycles. The van der Waals surface area contributed by atoms with Crippen LogP contribution in [-0.2, 0) is 9.47 Å². The van der Waals surface area contributed by atoms with Crippen molar-refractivity contribution in [3.8, 4) is 5.75 Å². The molecule has 7 heteroatoms. The van der Waals surface area contributed by atoms with E-state index in [0.717, 1.165) is 0 Å². The maximum absolute atomic E-state index is 12.1. The SMILES string of the molecule is COC(OC)C(N)c1cccc(OC(F)(F)F)c1. The first-order valence-corrected chi connectivity index (χ1v) is 5.04. The third-order valence-corrected chi connectivity index (χ3v) is 2.23. The van der Waals surface area contributed by atoms with E-state index < -0.39 is 18.7 Å². The molecule has 0 aliphatic carbocycles. The lowest BCUT2D eigenvalue weighted by Gasteiger charge is -2.21. The van der Waals surface area contributed by atoms with Gasteiger partial charge >= 0.3 is 6.36 Å². The van der Waals surface area contributed by atoms with Crippen molar-refractivity contribution in [3.63, 3.8) is 0 Å². The first kappa shape index (κ1) is 14.7. The van der Waals surface area contributed by atoms with Crippen molar-refractivity contribution in [3.05, 3.63) is 29.8 Å². The van der Waals surface area contributed by atoms with Gasteiger partial charge in [-0.05, 0) is 17.7 Å². The highest BCUT2D eigenvalue weighted by Gasteiger charge is 2.31. The molecule has 0 fully saturated rings. The van der Waals surface area contributed by atoms with Crippen LogP contribution >= 0.6 is 0 Å². The van der Waals surface area contributed by atoms with Crippen LogP contribution in [0.5, 0.6) is 5.75 Å². The van der Waals surface area contributed by atoms with Gasteiger partial charge in [-0.3, -0.25) is 0 Å². The van der Waals surface area contributed by atoms with E-state index in [-0.39, 0.29) is 5.75 Å². The van der Waals surface area contributed by atoms with Gasteiger partial charge in [-0.25, -0.2) is 0 Å². The van der Waals surface area contributed by atoms with Crippen LogP contribution in [0, 0.1) is 0 Å². The Labute approximate surface area is 102 Å². The maximum atomic E-state index is 12.1. The Bertz CT molecular complexity index is 380. The van der Waals surface area contributed by atoms with Gasteiger partial charge in [0.1, 0.15) is 5.75 Å². The summed E-state index contributed by atoms with van der Waals surface area (Å²) in [6.07, 6.45) is -5.48. The molecule has 0 amide bonds. The van der Waals surface area contributed by atoms with E-state index >= 15 is 0 Å². The third kappa shape index (κ3) is 4.17. The van der Waals surface area contributed by atoms with Gasteiger partial charge < -0.3 is 19.9 Å². The van der Waals surface area contributed by atoms with Gasteiger partial charge in [0.05, 0.1) is 6.04 Å². The van der Waals surface area contributed by atoms with E-state index in [1.807, 2.05) is 0 Å². The van der Waals surface area contributed by atoms with Crippen LogP contribution in [-0.4, -0.2) is 26.9 Å². The lowest BCUT2D eigenvalue weighted by atomic mass is 10.1. The summed E-state index contributed by atoms with van der Waals surface area (Å²) in [5.41, 5.74) is 6.23. The van der Waals surface area contributed by atoms with Crippen LogP contribution in [0.15, 0.2) is 24.3 Å². The van der Waals surface area contributed by atoms with Crippen molar-refractivity contribution >= 4 is 0 Å². The van der Waals surface area contributed by atoms with Crippen LogP contribution in [0.3, 0.4) is 0 Å². The maximum Gasteiger partial charge on any atom is 0.573 e. The molecule has 1 aromatic carbocycles. The molecular weight excluding hydrogens is 251 g/mol. The zero-order valence-corrected chi connectivity index (χ0v) is 9.90. The average molecular weight is 265 g/mol. The highest BCUT2D eigenvalue weighted by atomic mass is 19.4. The molecule has 0 aliphatic rings. The zero-order valence-electron chi connectivity index (χ0n) is 9.90. The molecule has 0 bridgehead atoms. The fourth-order valence-electron chi connectivity index (χ4n) is 1.47. The predicted octanol–water partition coefficient (Wildman–Crippen LogP) is 2.20. The zero-order chi connectivity index (χ0) is 13.8. The second-order valence-electron chi connectivity index (χ2n) is 3.49. The summed E-state index contributed by atoms with van der Waals surface area (Å²) in [5.74, 6) is -0.332. The minimum Gasteiger partial charge on any atom is -0.406 e. The summed E-state index contributed by atoms with van der Waals surface area (Å²) in [5, 5.41) is 0. The molecular formula is C11H14F3NO3. The first-order valence-electron chi connectivity index (χ1n) is 5.04. The molecule has 1 aromatic rings. The van der Waals surface area contributed by atoms with E-state index in [1.54, 1.807) is 6.07 Å². The van der Waals surface area contributed by atoms with Gasteiger partial charge in [-0.1, -0.05) is 12.1 Å². The lowest BCUT2D eigenvalue weighted by molar-refractivity contribution is -0.274. The highest BCUT2D eigenvalue weighted by molar-refractivity contribution is 5.30. The van der Waals surface area contributed by atoms with Gasteiger partial charge in [-0.15, -0.1) is 13.2 Å². The van der Waals surface area contributed by atoms with Gasteiger partial charge in [0.2, 0.25) is 0 Å². The fraction of sp³-hybridized carbons (Fsp3) is 0.455. The Hall–Kier alpha value is -1.31. The molecule has 0 saturated carbocycles. The number of hydrogen-bond donors (Lipinski definition) is 1. The molecule has 4 nitrogen and oxygen atoms in total. The summed E-state index contributed by atoms with van der Waals surface area (Å²) in [7, 11) is 2.79. The van der Waals surface area contributed by atoms with E-state index in [4.69, 9.17) is 15.2 Å². The van der Waals surface area contributed by atoms with Gasteiger partial charge in [-0.2, -0.15) is 0 Å². The first-order chi connectivity index (χ1) is 8.37. The van der Waals surface area contributed by atoms with Crippen molar-refractivity contribution in [2.75, 3.05) is 14.2 Å². The van der Waals surface area contributed by atoms with Crippen molar-refractivity contribution in [1.82, 2.24) is 0 Å². The lowest BCUT2D eigenvalue weighted by Crippen LogP contribution is -2.29. The Kier molecular flexibility index (Phi) is 4.94. The molecule has 0 radical (unpaired) electrons. The van der Waals surface area contributed by atoms with Crippen LogP contribution in [0.2, 0.25) is 0 Å². The van der Waals surface area contributed by atoms with Gasteiger partial charge in [0.15, 0.2) is 6.29 Å². The monoisotopic (exact) mass is 265 g/mol. The van der Waals surface area contributed by atoms with Crippen LogP contribution in [0.1, 0.15) is 11.6 Å². The molecule has 1 atom stereocenters. The number of methoxy groups -OCH3 is 2. The number of alkyl halides is 3. The number of halogens is 3. The molecule has 1 rings (SSSR count). The van der Waals surface area contributed by atoms with Gasteiger partial charge in [0.25, 0.3) is 0 Å². The quantitative estimate of drug-likeness (QED) is 0.829. The second-order valence-corrected chi connectivity index (χ2v) is 3.49. The standard InChI is InChI=1S/C11H14F3NO3/c1-16-10(17-2)9(15)7-4-3-5-8(6-7)18-11(12,13)14/h3-6,9-10H,15H2,1-2H3. The summed E-state index contributed by atoms with van der Waals surface area (Å²) in [6, 6.07) is 4.66. The fourth-order valence-corrected chi connectivity index (χ4v) is 1.47. The molecule has 0 saturated heterocycles. The van der Waals surface area contributed by atoms with Crippen LogP contribution in [0.25, 0.3) is 0 Å². The molecule has 0 aromatic heterocycles. The Morgan fingerprint density at radius 1 is 1.17 bits per heavy atom. The minimum absolute atomic E-state index is 0.332. The van der Waals surface area contributed by atoms with Crippen molar-refractivity contribution in [2.45, 2.75) is 18.7 Å². The van der Waals surface area contributed by atoms with Crippen LogP contribution in [0.4, 0.5) is 13.2 Å². The highest BCUT2D eigenvalue weighted by Crippen LogP contribution is 2.26. The molecule has 2 N–H and O–H groups in total. The number of ether oxygens (including phenoxy) is 3. The Morgan fingerprint density at radius 2 is 1.78 bits per heavy atom. The van der Waals surface area contributed by atoms with E-state index in [0.29, 0.717) is 5.56 Å². The Morgan fingerprint density at radius 3 is 2.28 bits per heavy atom. The largest absolute Gasteiger partial charge is 0.573 e. The summed E-state index contributed by atoms with van der Waals surface area (Å²) < 4.78 is 49.9. The number of hydrogen-bond acceptors (Lipinski definition) is 4. The van der Waals surface area contributed by atoms with E-state index in [1.165, 1.54) is 32.4 Å². The van der Waals surface area contributed by atoms with E-state index in [9.17, 15) is 13.2 Å². The smallest absolute Gasteiger partial charge is 0.406 e. The van der Waals surface area contributed by atoms with Crippen molar-refractivity contribution in [2.24, 2.45) is 5.73 Å². The van der Waals surface area contributed by atoms with Crippen molar-refractivity contribution in [1.29, 1.82) is 0 Å². The van der Waals surface area contributed by atoms with E-state index in [2.05, 4.69) is 4.74 Å². The number of rotatable bonds is 5. The summed E-state index contributed by atoms with van der Waals surface area (Å²) in [4.78, 5) is 0. The second kappa shape index (κ2) is 6.03. The Balaban J connectivity index is 2.87. The summed E-state index contributed by atoms with van der Waals surface area (Å²) >= 11 is 0. The number of benzene rings is 1. The molecule has 0 heterocycles. The van der Waals surface area contributed by atoms with Crippen LogP contribution < -0.4 is 10.5 Å².